The number of hydrogen-bond donors (Lipinski definition) is 1. The number of nitrogens with zero attached hydrogens (tertiary/aromatic N) is 2. The Kier molecular flexibility index (Phi) is 5.70. The van der Waals surface area contributed by atoms with Gasteiger partial charge in [0, 0.05) is 26.6 Å². The van der Waals surface area contributed by atoms with E-state index in [4.69, 9.17) is 0 Å². The van der Waals surface area contributed by atoms with Crippen molar-refractivity contribution in [1.82, 2.24) is 14.5 Å². The first kappa shape index (κ1) is 19.9. The Morgan fingerprint density at radius 1 is 1.12 bits per heavy atom. The van der Waals surface area contributed by atoms with Crippen LogP contribution < -0.4 is 16.4 Å². The summed E-state index contributed by atoms with van der Waals surface area (Å²) in [7, 11) is -0.829. The van der Waals surface area contributed by atoms with Gasteiger partial charge in [0.2, 0.25) is 5.91 Å². The van der Waals surface area contributed by atoms with Crippen LogP contribution in [-0.2, 0) is 28.7 Å². The lowest BCUT2D eigenvalue weighted by molar-refractivity contribution is -0.121. The van der Waals surface area contributed by atoms with Gasteiger partial charge in [-0.1, -0.05) is 6.92 Å². The fourth-order valence-corrected chi connectivity index (χ4v) is 3.81. The molecule has 0 bridgehead atoms. The first-order valence-electron chi connectivity index (χ1n) is 8.30. The van der Waals surface area contributed by atoms with Crippen molar-refractivity contribution in [3.8, 4) is 0 Å². The number of carbonyl (C=O) groups excluding carboxylic acids is 1. The number of carbonyl (C=O) groups is 1. The van der Waals surface area contributed by atoms with Gasteiger partial charge >= 0.3 is 11.1 Å². The molecule has 0 aliphatic heterocycles. The summed E-state index contributed by atoms with van der Waals surface area (Å²) in [6, 6.07) is 4.22. The smallest absolute Gasteiger partial charge is 0.316 e. The van der Waals surface area contributed by atoms with Crippen LogP contribution in [0.4, 0.5) is 0 Å². The molecular weight excluding hydrogens is 358 g/mol. The number of aryl methyl sites for hydroxylation is 2. The lowest BCUT2D eigenvalue weighted by Gasteiger charge is -2.12. The normalized spacial score (nSPS) is 12.9. The SMILES string of the molecule is CC[C@H](C)NC(=O)CCS(=O)(=O)c1ccc2c(c1)n(C)c(=O)c(=O)n2C. The average molecular weight is 381 g/mol. The Bertz CT molecular complexity index is 1070. The number of aromatic nitrogens is 2. The van der Waals surface area contributed by atoms with Gasteiger partial charge in [0.25, 0.3) is 0 Å². The van der Waals surface area contributed by atoms with E-state index in [0.717, 1.165) is 11.0 Å². The molecule has 142 valence electrons. The maximum Gasteiger partial charge on any atom is 0.316 e. The molecule has 8 nitrogen and oxygen atoms in total. The van der Waals surface area contributed by atoms with E-state index in [9.17, 15) is 22.8 Å². The number of hydrogen-bond acceptors (Lipinski definition) is 5. The summed E-state index contributed by atoms with van der Waals surface area (Å²) in [4.78, 5) is 35.6. The van der Waals surface area contributed by atoms with Gasteiger partial charge in [0.05, 0.1) is 21.7 Å². The molecular formula is C17H23N3O5S. The standard InChI is InChI=1S/C17H23N3O5S/c1-5-11(2)18-15(21)8-9-26(24,25)12-6-7-13-14(10-12)20(4)17(23)16(22)19(13)3/h6-7,10-11H,5,8-9H2,1-4H3,(H,18,21)/t11-/m0/s1. The second-order valence-corrected chi connectivity index (χ2v) is 8.43. The maximum absolute atomic E-state index is 12.5. The molecule has 0 spiro atoms. The van der Waals surface area contributed by atoms with Crippen molar-refractivity contribution in [1.29, 1.82) is 0 Å². The first-order valence-corrected chi connectivity index (χ1v) is 9.95. The van der Waals surface area contributed by atoms with Gasteiger partial charge in [0.15, 0.2) is 9.84 Å². The van der Waals surface area contributed by atoms with Crippen LogP contribution in [-0.4, -0.2) is 35.3 Å². The van der Waals surface area contributed by atoms with E-state index >= 15 is 0 Å². The minimum absolute atomic E-state index is 0.00925. The van der Waals surface area contributed by atoms with Gasteiger partial charge in [-0.3, -0.25) is 14.4 Å². The van der Waals surface area contributed by atoms with Crippen LogP contribution >= 0.6 is 0 Å². The summed E-state index contributed by atoms with van der Waals surface area (Å²) in [6.45, 7) is 3.77. The molecule has 9 heteroatoms. The second-order valence-electron chi connectivity index (χ2n) is 6.32. The summed E-state index contributed by atoms with van der Waals surface area (Å²) < 4.78 is 27.4. The van der Waals surface area contributed by atoms with E-state index in [1.54, 1.807) is 0 Å². The highest BCUT2D eigenvalue weighted by molar-refractivity contribution is 7.91. The number of sulfone groups is 1. The topological polar surface area (TPSA) is 107 Å². The predicted octanol–water partition coefficient (Wildman–Crippen LogP) is 0.316. The summed E-state index contributed by atoms with van der Waals surface area (Å²) >= 11 is 0. The van der Waals surface area contributed by atoms with Crippen LogP contribution in [0, 0.1) is 0 Å². The zero-order chi connectivity index (χ0) is 19.6. The molecule has 2 rings (SSSR count). The Hall–Kier alpha value is -2.42. The zero-order valence-electron chi connectivity index (χ0n) is 15.3. The third kappa shape index (κ3) is 3.87. The number of amides is 1. The zero-order valence-corrected chi connectivity index (χ0v) is 16.1. The molecule has 1 aromatic carbocycles. The van der Waals surface area contributed by atoms with Crippen LogP contribution in [0.3, 0.4) is 0 Å². The van der Waals surface area contributed by atoms with Crippen molar-refractivity contribution in [2.24, 2.45) is 14.1 Å². The number of fused-ring (bicyclic) bond motifs is 1. The number of benzene rings is 1. The number of nitrogens with one attached hydrogen (secondary N) is 1. The Labute approximate surface area is 151 Å². The third-order valence-electron chi connectivity index (χ3n) is 4.44. The second kappa shape index (κ2) is 7.45. The van der Waals surface area contributed by atoms with E-state index in [1.165, 1.54) is 36.9 Å². The van der Waals surface area contributed by atoms with E-state index in [0.29, 0.717) is 11.0 Å². The Morgan fingerprint density at radius 2 is 1.69 bits per heavy atom. The molecule has 0 fully saturated rings. The minimum atomic E-state index is -3.71. The summed E-state index contributed by atoms with van der Waals surface area (Å²) in [5.74, 6) is -0.654. The quantitative estimate of drug-likeness (QED) is 0.725. The van der Waals surface area contributed by atoms with Gasteiger partial charge in [-0.05, 0) is 31.5 Å². The van der Waals surface area contributed by atoms with Gasteiger partial charge in [-0.15, -0.1) is 0 Å². The molecule has 2 aromatic rings. The van der Waals surface area contributed by atoms with Crippen LogP contribution in [0.2, 0.25) is 0 Å². The van der Waals surface area contributed by atoms with Crippen molar-refractivity contribution in [3.05, 3.63) is 38.9 Å². The van der Waals surface area contributed by atoms with Gasteiger partial charge in [-0.2, -0.15) is 0 Å². The highest BCUT2D eigenvalue weighted by atomic mass is 32.2. The molecule has 0 unspecified atom stereocenters. The minimum Gasteiger partial charge on any atom is -0.354 e. The molecule has 0 aliphatic carbocycles. The highest BCUT2D eigenvalue weighted by Gasteiger charge is 2.19. The van der Waals surface area contributed by atoms with Crippen LogP contribution in [0.25, 0.3) is 11.0 Å². The van der Waals surface area contributed by atoms with E-state index < -0.39 is 21.0 Å². The fourth-order valence-electron chi connectivity index (χ4n) is 2.55. The molecule has 1 heterocycles. The van der Waals surface area contributed by atoms with Crippen molar-refractivity contribution in [2.45, 2.75) is 37.6 Å². The molecule has 0 radical (unpaired) electrons. The maximum atomic E-state index is 12.5. The average Bonchev–Trinajstić information content (AvgIpc) is 2.62. The lowest BCUT2D eigenvalue weighted by Crippen LogP contribution is -2.39. The van der Waals surface area contributed by atoms with Gasteiger partial charge in [0.1, 0.15) is 0 Å². The summed E-state index contributed by atoms with van der Waals surface area (Å²) in [6.07, 6.45) is 0.618. The van der Waals surface area contributed by atoms with Crippen molar-refractivity contribution < 1.29 is 13.2 Å². The Morgan fingerprint density at radius 3 is 2.27 bits per heavy atom. The van der Waals surface area contributed by atoms with Crippen LogP contribution in [0.1, 0.15) is 26.7 Å². The van der Waals surface area contributed by atoms with Crippen molar-refractivity contribution in [2.75, 3.05) is 5.75 Å². The Balaban J connectivity index is 2.36. The van der Waals surface area contributed by atoms with Gasteiger partial charge in [-0.25, -0.2) is 8.42 Å². The molecule has 1 N–H and O–H groups in total. The molecule has 0 aliphatic rings. The van der Waals surface area contributed by atoms with Gasteiger partial charge < -0.3 is 14.5 Å². The summed E-state index contributed by atoms with van der Waals surface area (Å²) in [5.41, 5.74) is -0.632. The predicted molar refractivity (Wildman–Crippen MR) is 99.0 cm³/mol. The lowest BCUT2D eigenvalue weighted by atomic mass is 10.2. The first-order chi connectivity index (χ1) is 12.1. The van der Waals surface area contributed by atoms with Crippen molar-refractivity contribution in [3.63, 3.8) is 0 Å². The monoisotopic (exact) mass is 381 g/mol. The molecule has 1 aromatic heterocycles. The summed E-state index contributed by atoms with van der Waals surface area (Å²) in [5, 5.41) is 2.73. The largest absolute Gasteiger partial charge is 0.354 e. The molecule has 0 saturated heterocycles. The van der Waals surface area contributed by atoms with E-state index in [1.807, 2.05) is 13.8 Å². The highest BCUT2D eigenvalue weighted by Crippen LogP contribution is 2.18. The molecule has 1 amide bonds. The fraction of sp³-hybridized carbons (Fsp3) is 0.471. The van der Waals surface area contributed by atoms with E-state index in [2.05, 4.69) is 5.32 Å². The molecule has 1 atom stereocenters. The molecule has 0 saturated carbocycles. The van der Waals surface area contributed by atoms with Crippen molar-refractivity contribution >= 4 is 26.8 Å². The molecule has 26 heavy (non-hydrogen) atoms. The van der Waals surface area contributed by atoms with Crippen LogP contribution in [0.15, 0.2) is 32.7 Å². The van der Waals surface area contributed by atoms with E-state index in [-0.39, 0.29) is 29.0 Å². The van der Waals surface area contributed by atoms with Crippen LogP contribution in [0.5, 0.6) is 0 Å². The number of rotatable bonds is 6. The third-order valence-corrected chi connectivity index (χ3v) is 6.15.